The van der Waals surface area contributed by atoms with Crippen LogP contribution in [0.2, 0.25) is 0 Å². The second-order valence-electron chi connectivity index (χ2n) is 10.2. The van der Waals surface area contributed by atoms with Gasteiger partial charge < -0.3 is 4.74 Å². The monoisotopic (exact) mass is 511 g/mol. The molecule has 1 aliphatic heterocycles. The molecule has 7 rings (SSSR count). The zero-order valence-corrected chi connectivity index (χ0v) is 19.8. The zero-order valence-electron chi connectivity index (χ0n) is 18.2. The van der Waals surface area contributed by atoms with Crippen molar-refractivity contribution in [3.63, 3.8) is 0 Å². The van der Waals surface area contributed by atoms with E-state index in [-0.39, 0.29) is 65.8 Å². The molecule has 5 aliphatic carbocycles. The van der Waals surface area contributed by atoms with Gasteiger partial charge in [-0.15, -0.1) is 0 Å². The average Bonchev–Trinajstić information content (AvgIpc) is 3.61. The number of hydrogen-bond acceptors (Lipinski definition) is 5. The van der Waals surface area contributed by atoms with Crippen LogP contribution in [0.1, 0.15) is 42.5 Å². The predicted molar refractivity (Wildman–Crippen MR) is 122 cm³/mol. The van der Waals surface area contributed by atoms with Crippen LogP contribution in [-0.4, -0.2) is 41.1 Å². The van der Waals surface area contributed by atoms with E-state index in [1.165, 1.54) is 0 Å². The highest BCUT2D eigenvalue weighted by Gasteiger charge is 2.67. The number of amides is 2. The number of nitrogens with zero attached hydrogens (tertiary/aromatic N) is 1. The van der Waals surface area contributed by atoms with Crippen molar-refractivity contribution in [1.82, 2.24) is 4.90 Å². The highest BCUT2D eigenvalue weighted by atomic mass is 79.9. The van der Waals surface area contributed by atoms with Gasteiger partial charge in [0, 0.05) is 16.1 Å². The number of halogens is 1. The van der Waals surface area contributed by atoms with E-state index < -0.39 is 0 Å². The Balaban J connectivity index is 1.04. The number of ether oxygens (including phenoxy) is 1. The Labute approximate surface area is 200 Å². The first-order chi connectivity index (χ1) is 15.9. The molecule has 6 atom stereocenters. The summed E-state index contributed by atoms with van der Waals surface area (Å²) in [6, 6.07) is 6.81. The summed E-state index contributed by atoms with van der Waals surface area (Å²) in [6.45, 7) is -0.273. The van der Waals surface area contributed by atoms with E-state index >= 15 is 0 Å². The minimum Gasteiger partial charge on any atom is -0.457 e. The molecule has 1 saturated heterocycles. The largest absolute Gasteiger partial charge is 0.457 e. The van der Waals surface area contributed by atoms with E-state index in [1.807, 2.05) is 0 Å². The Hall–Kier alpha value is -2.28. The van der Waals surface area contributed by atoms with Crippen LogP contribution in [0.3, 0.4) is 0 Å². The molecule has 0 spiro atoms. The lowest BCUT2D eigenvalue weighted by Crippen LogP contribution is -2.44. The maximum absolute atomic E-state index is 13.3. The van der Waals surface area contributed by atoms with Gasteiger partial charge in [0.25, 0.3) is 0 Å². The number of esters is 1. The topological polar surface area (TPSA) is 80.8 Å². The average molecular weight is 512 g/mol. The van der Waals surface area contributed by atoms with E-state index in [4.69, 9.17) is 4.74 Å². The molecule has 33 heavy (non-hydrogen) atoms. The van der Waals surface area contributed by atoms with Crippen LogP contribution in [0.25, 0.3) is 0 Å². The van der Waals surface area contributed by atoms with Crippen molar-refractivity contribution in [1.29, 1.82) is 0 Å². The number of rotatable bonds is 5. The van der Waals surface area contributed by atoms with Gasteiger partial charge in [0.05, 0.1) is 17.8 Å². The first-order valence-electron chi connectivity index (χ1n) is 11.9. The molecule has 0 aromatic heterocycles. The second-order valence-corrected chi connectivity index (χ2v) is 11.2. The summed E-state index contributed by atoms with van der Waals surface area (Å²) in [5.41, 5.74) is 0.503. The summed E-state index contributed by atoms with van der Waals surface area (Å²) in [6.07, 6.45) is 7.92. The SMILES string of the molecule is O=C(COC(=O)C1CCC(N2C(=O)[C@@H]3[C@H]4C=C[C@H]([C@H]5C[C@H]45)[C@@H]3C2=O)CC1)c1ccc(Br)cc1. The number of carbonyl (C=O) groups is 4. The molecule has 2 amide bonds. The molecular formula is C26H26BrNO5. The summed E-state index contributed by atoms with van der Waals surface area (Å²) in [7, 11) is 0. The molecule has 1 heterocycles. The van der Waals surface area contributed by atoms with Gasteiger partial charge >= 0.3 is 5.97 Å². The molecule has 0 radical (unpaired) electrons. The van der Waals surface area contributed by atoms with E-state index in [0.717, 1.165) is 10.9 Å². The molecule has 4 fully saturated rings. The van der Waals surface area contributed by atoms with Gasteiger partial charge in [-0.2, -0.15) is 0 Å². The molecule has 2 bridgehead atoms. The van der Waals surface area contributed by atoms with Crippen LogP contribution in [-0.2, 0) is 19.1 Å². The van der Waals surface area contributed by atoms with Crippen molar-refractivity contribution in [3.05, 3.63) is 46.5 Å². The van der Waals surface area contributed by atoms with Crippen LogP contribution >= 0.6 is 15.9 Å². The standard InChI is InChI=1S/C26H26BrNO5/c27-15-5-1-13(2-6-15)21(29)12-33-26(32)14-3-7-16(8-4-14)28-24(30)22-17-9-10-18(20-11-19(17)20)23(22)25(28)31/h1-2,5-6,9-10,14,16-20,22-23H,3-4,7-8,11-12H2/t14?,16?,17-,18+,19-,20-,22+,23-/m1/s1. The van der Waals surface area contributed by atoms with Crippen LogP contribution in [0.15, 0.2) is 40.9 Å². The fourth-order valence-corrected chi connectivity index (χ4v) is 7.15. The number of allylic oxidation sites excluding steroid dienone is 2. The minimum atomic E-state index is -0.367. The van der Waals surface area contributed by atoms with Gasteiger partial charge in [-0.25, -0.2) is 0 Å². The Morgan fingerprint density at radius 3 is 2.06 bits per heavy atom. The number of imide groups is 1. The lowest BCUT2D eigenvalue weighted by atomic mass is 9.63. The number of hydrogen-bond donors (Lipinski definition) is 0. The highest BCUT2D eigenvalue weighted by molar-refractivity contribution is 9.10. The molecule has 7 heteroatoms. The summed E-state index contributed by atoms with van der Waals surface area (Å²) < 4.78 is 6.18. The number of benzene rings is 1. The fourth-order valence-electron chi connectivity index (χ4n) is 6.88. The van der Waals surface area contributed by atoms with Gasteiger partial charge in [0.2, 0.25) is 11.8 Å². The van der Waals surface area contributed by atoms with Crippen LogP contribution < -0.4 is 0 Å². The molecule has 0 unspecified atom stereocenters. The number of ketones is 1. The molecule has 1 aromatic rings. The first-order valence-corrected chi connectivity index (χ1v) is 12.7. The maximum atomic E-state index is 13.3. The van der Waals surface area contributed by atoms with Crippen LogP contribution in [0, 0.1) is 41.4 Å². The quantitative estimate of drug-likeness (QED) is 0.260. The lowest BCUT2D eigenvalue weighted by molar-refractivity contribution is -0.149. The highest BCUT2D eigenvalue weighted by Crippen LogP contribution is 2.65. The Bertz CT molecular complexity index is 1020. The Morgan fingerprint density at radius 2 is 1.48 bits per heavy atom. The van der Waals surface area contributed by atoms with Crippen LogP contribution in [0.4, 0.5) is 0 Å². The first kappa shape index (κ1) is 21.3. The van der Waals surface area contributed by atoms with E-state index in [0.29, 0.717) is 43.1 Å². The molecular weight excluding hydrogens is 486 g/mol. The van der Waals surface area contributed by atoms with Gasteiger partial charge in [-0.1, -0.05) is 40.2 Å². The molecule has 6 aliphatic rings. The molecule has 3 saturated carbocycles. The van der Waals surface area contributed by atoms with Crippen molar-refractivity contribution in [2.75, 3.05) is 6.61 Å². The third kappa shape index (κ3) is 3.42. The summed E-state index contributed by atoms with van der Waals surface area (Å²) in [4.78, 5) is 53.0. The molecule has 1 aromatic carbocycles. The van der Waals surface area contributed by atoms with E-state index in [1.54, 1.807) is 29.2 Å². The summed E-state index contributed by atoms with van der Waals surface area (Å²) >= 11 is 3.33. The van der Waals surface area contributed by atoms with Crippen molar-refractivity contribution < 1.29 is 23.9 Å². The predicted octanol–water partition coefficient (Wildman–Crippen LogP) is 3.79. The smallest absolute Gasteiger partial charge is 0.309 e. The second kappa shape index (κ2) is 7.90. The fraction of sp³-hybridized carbons (Fsp3) is 0.538. The molecule has 172 valence electrons. The van der Waals surface area contributed by atoms with Crippen molar-refractivity contribution in [3.8, 4) is 0 Å². The van der Waals surface area contributed by atoms with E-state index in [2.05, 4.69) is 28.1 Å². The molecule has 6 nitrogen and oxygen atoms in total. The third-order valence-corrected chi connectivity index (χ3v) is 9.13. The van der Waals surface area contributed by atoms with Crippen molar-refractivity contribution in [2.24, 2.45) is 41.4 Å². The lowest BCUT2D eigenvalue weighted by Gasteiger charge is -2.37. The van der Waals surface area contributed by atoms with Crippen molar-refractivity contribution >= 4 is 39.5 Å². The molecule has 0 N–H and O–H groups in total. The van der Waals surface area contributed by atoms with Crippen LogP contribution in [0.5, 0.6) is 0 Å². The minimum absolute atomic E-state index is 0.0146. The van der Waals surface area contributed by atoms with Gasteiger partial charge in [-0.3, -0.25) is 24.1 Å². The van der Waals surface area contributed by atoms with Gasteiger partial charge in [-0.05, 0) is 67.9 Å². The number of likely N-dealkylation sites (tertiary alicyclic amines) is 1. The Kier molecular flexibility index (Phi) is 5.09. The maximum Gasteiger partial charge on any atom is 0.309 e. The van der Waals surface area contributed by atoms with Gasteiger partial charge in [0.1, 0.15) is 0 Å². The number of carbonyl (C=O) groups excluding carboxylic acids is 4. The van der Waals surface area contributed by atoms with Gasteiger partial charge in [0.15, 0.2) is 12.4 Å². The van der Waals surface area contributed by atoms with E-state index in [9.17, 15) is 19.2 Å². The third-order valence-electron chi connectivity index (χ3n) is 8.60. The zero-order chi connectivity index (χ0) is 22.9. The summed E-state index contributed by atoms with van der Waals surface area (Å²) in [5.74, 6) is 0.484. The summed E-state index contributed by atoms with van der Waals surface area (Å²) in [5, 5.41) is 0. The number of Topliss-reactive ketones (excluding diaryl/α,β-unsaturated/α-hetero) is 1. The van der Waals surface area contributed by atoms with Crippen molar-refractivity contribution in [2.45, 2.75) is 38.1 Å². The Morgan fingerprint density at radius 1 is 0.909 bits per heavy atom. The normalized spacial score (nSPS) is 38.2.